The van der Waals surface area contributed by atoms with E-state index in [2.05, 4.69) is 0 Å². The lowest BCUT2D eigenvalue weighted by Gasteiger charge is -2.10. The molecule has 0 aliphatic carbocycles. The average molecular weight is 401 g/mol. The molecule has 0 aliphatic rings. The molecule has 0 atom stereocenters. The molecule has 0 saturated heterocycles. The summed E-state index contributed by atoms with van der Waals surface area (Å²) < 4.78 is 11.8. The lowest BCUT2D eigenvalue weighted by Crippen LogP contribution is -1.88. The van der Waals surface area contributed by atoms with Crippen LogP contribution in [0.5, 0.6) is 23.0 Å². The van der Waals surface area contributed by atoms with Crippen LogP contribution in [0.1, 0.15) is 0 Å². The summed E-state index contributed by atoms with van der Waals surface area (Å²) in [5.74, 6) is 2.94. The molecule has 4 aromatic carbocycles. The standard InChI is InChI=1S/C24H20N2O2S/c25-17-5-1-7-19(13-17)27-21-9-3-11-23(15-21)29-24-12-4-10-22(16-24)28-20-8-2-6-18(26)14-20/h1-16H,25-26H2. The molecule has 0 aliphatic heterocycles. The van der Waals surface area contributed by atoms with Crippen molar-refractivity contribution in [3.63, 3.8) is 0 Å². The van der Waals surface area contributed by atoms with Crippen LogP contribution in [0.15, 0.2) is 107 Å². The third-order valence-electron chi connectivity index (χ3n) is 4.03. The molecule has 4 rings (SSSR count). The Bertz CT molecular complexity index is 1040. The number of anilines is 2. The Kier molecular flexibility index (Phi) is 5.59. The third kappa shape index (κ3) is 5.24. The van der Waals surface area contributed by atoms with Gasteiger partial charge >= 0.3 is 0 Å². The fourth-order valence-corrected chi connectivity index (χ4v) is 3.68. The highest BCUT2D eigenvalue weighted by Crippen LogP contribution is 2.34. The van der Waals surface area contributed by atoms with Crippen LogP contribution >= 0.6 is 11.8 Å². The summed E-state index contributed by atoms with van der Waals surface area (Å²) in [6.45, 7) is 0. The van der Waals surface area contributed by atoms with Crippen molar-refractivity contribution in [1.82, 2.24) is 0 Å². The second-order valence-electron chi connectivity index (χ2n) is 6.40. The Balaban J connectivity index is 1.48. The normalized spacial score (nSPS) is 10.5. The summed E-state index contributed by atoms with van der Waals surface area (Å²) >= 11 is 1.63. The lowest BCUT2D eigenvalue weighted by molar-refractivity contribution is 0.481. The molecule has 144 valence electrons. The van der Waals surface area contributed by atoms with Crippen molar-refractivity contribution in [2.75, 3.05) is 11.5 Å². The first-order valence-electron chi connectivity index (χ1n) is 9.09. The number of nitrogens with two attached hydrogens (primary N) is 2. The highest BCUT2D eigenvalue weighted by molar-refractivity contribution is 7.99. The molecule has 4 nitrogen and oxygen atoms in total. The highest BCUT2D eigenvalue weighted by Gasteiger charge is 2.04. The second kappa shape index (κ2) is 8.63. The van der Waals surface area contributed by atoms with Gasteiger partial charge in [0.05, 0.1) is 0 Å². The number of ether oxygens (including phenoxy) is 2. The average Bonchev–Trinajstić information content (AvgIpc) is 2.69. The van der Waals surface area contributed by atoms with Crippen molar-refractivity contribution >= 4 is 23.1 Å². The molecule has 0 amide bonds. The van der Waals surface area contributed by atoms with E-state index in [1.54, 1.807) is 23.9 Å². The number of benzene rings is 4. The van der Waals surface area contributed by atoms with Gasteiger partial charge in [0, 0.05) is 33.3 Å². The molecule has 5 heteroatoms. The molecule has 29 heavy (non-hydrogen) atoms. The van der Waals surface area contributed by atoms with Crippen LogP contribution in [0.4, 0.5) is 11.4 Å². The summed E-state index contributed by atoms with van der Waals surface area (Å²) in [5.41, 5.74) is 13.0. The molecule has 0 bridgehead atoms. The maximum absolute atomic E-state index is 5.92. The minimum Gasteiger partial charge on any atom is -0.457 e. The van der Waals surface area contributed by atoms with Gasteiger partial charge in [-0.2, -0.15) is 0 Å². The van der Waals surface area contributed by atoms with Crippen molar-refractivity contribution < 1.29 is 9.47 Å². The first kappa shape index (κ1) is 18.8. The van der Waals surface area contributed by atoms with Gasteiger partial charge < -0.3 is 20.9 Å². The van der Waals surface area contributed by atoms with Gasteiger partial charge in [-0.05, 0) is 60.7 Å². The molecule has 0 fully saturated rings. The maximum Gasteiger partial charge on any atom is 0.129 e. The molecule has 0 heterocycles. The molecular weight excluding hydrogens is 380 g/mol. The predicted octanol–water partition coefficient (Wildman–Crippen LogP) is 6.59. The van der Waals surface area contributed by atoms with Crippen LogP contribution in [0, 0.1) is 0 Å². The van der Waals surface area contributed by atoms with E-state index < -0.39 is 0 Å². The van der Waals surface area contributed by atoms with E-state index in [1.807, 2.05) is 84.9 Å². The number of rotatable bonds is 6. The van der Waals surface area contributed by atoms with E-state index in [-0.39, 0.29) is 0 Å². The third-order valence-corrected chi connectivity index (χ3v) is 5.01. The Labute approximate surface area is 174 Å². The zero-order valence-electron chi connectivity index (χ0n) is 15.6. The summed E-state index contributed by atoms with van der Waals surface area (Å²) in [7, 11) is 0. The van der Waals surface area contributed by atoms with Crippen LogP contribution in [0.2, 0.25) is 0 Å². The Morgan fingerprint density at radius 3 is 1.28 bits per heavy atom. The minimum atomic E-state index is 0.671. The van der Waals surface area contributed by atoms with Gasteiger partial charge in [-0.3, -0.25) is 0 Å². The molecule has 4 aromatic rings. The fraction of sp³-hybridized carbons (Fsp3) is 0. The van der Waals surface area contributed by atoms with Gasteiger partial charge in [0.1, 0.15) is 23.0 Å². The second-order valence-corrected chi connectivity index (χ2v) is 7.55. The van der Waals surface area contributed by atoms with Crippen molar-refractivity contribution in [3.8, 4) is 23.0 Å². The van der Waals surface area contributed by atoms with Gasteiger partial charge in [0.15, 0.2) is 0 Å². The van der Waals surface area contributed by atoms with Crippen LogP contribution in [-0.2, 0) is 0 Å². The van der Waals surface area contributed by atoms with Crippen molar-refractivity contribution in [2.24, 2.45) is 0 Å². The van der Waals surface area contributed by atoms with Crippen molar-refractivity contribution in [3.05, 3.63) is 97.1 Å². The smallest absolute Gasteiger partial charge is 0.129 e. The zero-order valence-corrected chi connectivity index (χ0v) is 16.4. The summed E-state index contributed by atoms with van der Waals surface area (Å²) in [5, 5.41) is 0. The lowest BCUT2D eigenvalue weighted by atomic mass is 10.3. The van der Waals surface area contributed by atoms with Crippen LogP contribution < -0.4 is 20.9 Å². The van der Waals surface area contributed by atoms with Crippen LogP contribution in [-0.4, -0.2) is 0 Å². The zero-order chi connectivity index (χ0) is 20.1. The molecule has 0 saturated carbocycles. The number of hydrogen-bond donors (Lipinski definition) is 2. The molecule has 4 N–H and O–H groups in total. The Morgan fingerprint density at radius 2 is 0.862 bits per heavy atom. The quantitative estimate of drug-likeness (QED) is 0.357. The number of hydrogen-bond acceptors (Lipinski definition) is 5. The van der Waals surface area contributed by atoms with Gasteiger partial charge in [-0.25, -0.2) is 0 Å². The largest absolute Gasteiger partial charge is 0.457 e. The fourth-order valence-electron chi connectivity index (χ4n) is 2.77. The van der Waals surface area contributed by atoms with Gasteiger partial charge in [-0.1, -0.05) is 36.0 Å². The van der Waals surface area contributed by atoms with Gasteiger partial charge in [0.2, 0.25) is 0 Å². The van der Waals surface area contributed by atoms with Gasteiger partial charge in [0.25, 0.3) is 0 Å². The predicted molar refractivity (Wildman–Crippen MR) is 119 cm³/mol. The highest BCUT2D eigenvalue weighted by atomic mass is 32.2. The molecule has 0 radical (unpaired) electrons. The summed E-state index contributed by atoms with van der Waals surface area (Å²) in [6.07, 6.45) is 0. The summed E-state index contributed by atoms with van der Waals surface area (Å²) in [6, 6.07) is 30.6. The van der Waals surface area contributed by atoms with E-state index >= 15 is 0 Å². The SMILES string of the molecule is Nc1cccc(Oc2cccc(Sc3cccc(Oc4cccc(N)c4)c3)c2)c1. The first-order chi connectivity index (χ1) is 14.1. The molecule has 0 unspecified atom stereocenters. The van der Waals surface area contributed by atoms with Crippen LogP contribution in [0.25, 0.3) is 0 Å². The number of nitrogen functional groups attached to an aromatic ring is 2. The molecule has 0 aromatic heterocycles. The topological polar surface area (TPSA) is 70.5 Å². The first-order valence-corrected chi connectivity index (χ1v) is 9.90. The van der Waals surface area contributed by atoms with Crippen molar-refractivity contribution in [2.45, 2.75) is 9.79 Å². The molecule has 0 spiro atoms. The van der Waals surface area contributed by atoms with Crippen LogP contribution in [0.3, 0.4) is 0 Å². The summed E-state index contributed by atoms with van der Waals surface area (Å²) in [4.78, 5) is 2.13. The minimum absolute atomic E-state index is 0.671. The molecular formula is C24H20N2O2S. The maximum atomic E-state index is 5.92. The Morgan fingerprint density at radius 1 is 0.483 bits per heavy atom. The Hall–Kier alpha value is -3.57. The van der Waals surface area contributed by atoms with E-state index in [1.165, 1.54) is 0 Å². The van der Waals surface area contributed by atoms with E-state index in [0.717, 1.165) is 21.3 Å². The van der Waals surface area contributed by atoms with E-state index in [0.29, 0.717) is 22.9 Å². The van der Waals surface area contributed by atoms with Gasteiger partial charge in [-0.15, -0.1) is 0 Å². The van der Waals surface area contributed by atoms with E-state index in [4.69, 9.17) is 20.9 Å². The van der Waals surface area contributed by atoms with Crippen molar-refractivity contribution in [1.29, 1.82) is 0 Å². The van der Waals surface area contributed by atoms with E-state index in [9.17, 15) is 0 Å². The monoisotopic (exact) mass is 400 g/mol.